The summed E-state index contributed by atoms with van der Waals surface area (Å²) in [6.07, 6.45) is 4.76. The summed E-state index contributed by atoms with van der Waals surface area (Å²) < 4.78 is 29.9. The molecule has 1 aliphatic heterocycles. The molecule has 0 amide bonds. The minimum Gasteiger partial charge on any atom is -0.327 e. The predicted octanol–water partition coefficient (Wildman–Crippen LogP) is 2.98. The second-order valence-electron chi connectivity index (χ2n) is 6.10. The van der Waals surface area contributed by atoms with Gasteiger partial charge in [-0.25, -0.2) is 18.1 Å². The molecule has 0 aromatic carbocycles. The topological polar surface area (TPSA) is 64.0 Å². The van der Waals surface area contributed by atoms with Gasteiger partial charge >= 0.3 is 0 Å². The number of nitrogens with one attached hydrogen (secondary N) is 1. The summed E-state index contributed by atoms with van der Waals surface area (Å²) in [7, 11) is -3.49. The van der Waals surface area contributed by atoms with Gasteiger partial charge in [-0.1, -0.05) is 27.7 Å². The fourth-order valence-electron chi connectivity index (χ4n) is 3.05. The van der Waals surface area contributed by atoms with Crippen LogP contribution in [0.2, 0.25) is 0 Å². The molecule has 0 aliphatic carbocycles. The van der Waals surface area contributed by atoms with Crippen molar-refractivity contribution >= 4 is 10.0 Å². The lowest BCUT2D eigenvalue weighted by atomic mass is 10.00. The summed E-state index contributed by atoms with van der Waals surface area (Å²) in [5, 5.41) is 0.262. The maximum atomic E-state index is 12.5. The van der Waals surface area contributed by atoms with Gasteiger partial charge in [-0.2, -0.15) is 0 Å². The number of nitrogens with zero attached hydrogens (tertiary/aromatic N) is 2. The van der Waals surface area contributed by atoms with Crippen LogP contribution in [0.25, 0.3) is 0 Å². The van der Waals surface area contributed by atoms with Gasteiger partial charge in [0.2, 0.25) is 0 Å². The Balaban J connectivity index is 2.54. The molecule has 6 heteroatoms. The van der Waals surface area contributed by atoms with E-state index in [1.165, 1.54) is 0 Å². The maximum Gasteiger partial charge on any atom is 0.259 e. The molecule has 0 saturated carbocycles. The molecule has 0 radical (unpaired) electrons. The molecule has 2 heterocycles. The zero-order valence-corrected chi connectivity index (χ0v) is 14.3. The number of aromatic nitrogens is 2. The first-order chi connectivity index (χ1) is 9.92. The van der Waals surface area contributed by atoms with Gasteiger partial charge in [0.15, 0.2) is 5.03 Å². The molecular weight excluding hydrogens is 286 g/mol. The summed E-state index contributed by atoms with van der Waals surface area (Å²) in [4.78, 5) is 4.53. The van der Waals surface area contributed by atoms with Gasteiger partial charge < -0.3 is 4.57 Å². The van der Waals surface area contributed by atoms with E-state index in [2.05, 4.69) is 35.0 Å². The van der Waals surface area contributed by atoms with Crippen LogP contribution in [0.15, 0.2) is 5.03 Å². The molecule has 5 nitrogen and oxygen atoms in total. The molecule has 1 unspecified atom stereocenters. The van der Waals surface area contributed by atoms with Crippen molar-refractivity contribution < 1.29 is 8.42 Å². The first-order valence-electron chi connectivity index (χ1n) is 8.03. The van der Waals surface area contributed by atoms with Crippen LogP contribution >= 0.6 is 0 Å². The van der Waals surface area contributed by atoms with Crippen molar-refractivity contribution in [3.63, 3.8) is 0 Å². The van der Waals surface area contributed by atoms with Gasteiger partial charge in [-0.15, -0.1) is 0 Å². The Morgan fingerprint density at radius 1 is 1.38 bits per heavy atom. The molecule has 0 spiro atoms. The van der Waals surface area contributed by atoms with Gasteiger partial charge in [0.25, 0.3) is 10.0 Å². The highest BCUT2D eigenvalue weighted by Crippen LogP contribution is 2.34. The lowest BCUT2D eigenvalue weighted by Crippen LogP contribution is -2.27. The van der Waals surface area contributed by atoms with Crippen LogP contribution < -0.4 is 4.72 Å². The van der Waals surface area contributed by atoms with Crippen molar-refractivity contribution in [2.24, 2.45) is 0 Å². The van der Waals surface area contributed by atoms with Gasteiger partial charge in [0, 0.05) is 18.5 Å². The quantitative estimate of drug-likeness (QED) is 0.878. The van der Waals surface area contributed by atoms with Gasteiger partial charge in [-0.05, 0) is 32.1 Å². The van der Waals surface area contributed by atoms with E-state index in [-0.39, 0.29) is 10.9 Å². The molecule has 1 N–H and O–H groups in total. The summed E-state index contributed by atoms with van der Waals surface area (Å²) in [6.45, 7) is 8.73. The van der Waals surface area contributed by atoms with E-state index in [0.29, 0.717) is 12.6 Å². The summed E-state index contributed by atoms with van der Waals surface area (Å²) in [5.74, 6) is 1.14. The Kier molecular flexibility index (Phi) is 5.09. The van der Waals surface area contributed by atoms with Crippen molar-refractivity contribution in [1.29, 1.82) is 0 Å². The molecule has 21 heavy (non-hydrogen) atoms. The smallest absolute Gasteiger partial charge is 0.259 e. The predicted molar refractivity (Wildman–Crippen MR) is 84.1 cm³/mol. The van der Waals surface area contributed by atoms with Crippen LogP contribution in [-0.2, 0) is 16.4 Å². The average Bonchev–Trinajstić information content (AvgIpc) is 2.85. The monoisotopic (exact) mass is 313 g/mol. The Hall–Kier alpha value is -0.880. The largest absolute Gasteiger partial charge is 0.327 e. The standard InChI is InChI=1S/C15H27N3O2S/c1-5-10-16-21(19,20)15-13-9-7-8-12(6-2)18(13)14(17-15)11(3)4/h11-12,16H,5-10H2,1-4H3. The van der Waals surface area contributed by atoms with Gasteiger partial charge in [0.05, 0.1) is 5.69 Å². The van der Waals surface area contributed by atoms with Crippen LogP contribution in [0.4, 0.5) is 0 Å². The number of rotatable bonds is 6. The van der Waals surface area contributed by atoms with Crippen molar-refractivity contribution in [2.45, 2.75) is 76.8 Å². The first kappa shape index (κ1) is 16.5. The lowest BCUT2D eigenvalue weighted by Gasteiger charge is -2.27. The van der Waals surface area contributed by atoms with Gasteiger partial charge in [0.1, 0.15) is 5.82 Å². The zero-order valence-electron chi connectivity index (χ0n) is 13.5. The molecule has 0 fully saturated rings. The fraction of sp³-hybridized carbons (Fsp3) is 0.800. The molecule has 1 aromatic heterocycles. The lowest BCUT2D eigenvalue weighted by molar-refractivity contribution is 0.373. The third-order valence-electron chi connectivity index (χ3n) is 4.10. The number of imidazole rings is 1. The van der Waals surface area contributed by atoms with E-state index in [0.717, 1.165) is 43.6 Å². The number of hydrogen-bond acceptors (Lipinski definition) is 3. The van der Waals surface area contributed by atoms with E-state index < -0.39 is 10.0 Å². The van der Waals surface area contributed by atoms with Gasteiger partial charge in [-0.3, -0.25) is 0 Å². The average molecular weight is 313 g/mol. The molecule has 2 rings (SSSR count). The van der Waals surface area contributed by atoms with E-state index in [9.17, 15) is 8.42 Å². The van der Waals surface area contributed by atoms with Crippen molar-refractivity contribution in [3.8, 4) is 0 Å². The van der Waals surface area contributed by atoms with Crippen molar-refractivity contribution in [2.75, 3.05) is 6.54 Å². The number of sulfonamides is 1. The highest BCUT2D eigenvalue weighted by molar-refractivity contribution is 7.89. The van der Waals surface area contributed by atoms with E-state index in [1.54, 1.807) is 0 Å². The summed E-state index contributed by atoms with van der Waals surface area (Å²) in [6, 6.07) is 0.383. The molecule has 120 valence electrons. The third-order valence-corrected chi connectivity index (χ3v) is 5.52. The molecule has 1 aliphatic rings. The van der Waals surface area contributed by atoms with Crippen molar-refractivity contribution in [1.82, 2.24) is 14.3 Å². The molecule has 1 aromatic rings. The van der Waals surface area contributed by atoms with Crippen LogP contribution in [-0.4, -0.2) is 24.5 Å². The SMILES string of the molecule is CCCNS(=O)(=O)c1nc(C(C)C)n2c1CCCC2CC. The Morgan fingerprint density at radius 2 is 2.10 bits per heavy atom. The number of hydrogen-bond donors (Lipinski definition) is 1. The van der Waals surface area contributed by atoms with E-state index >= 15 is 0 Å². The molecule has 0 bridgehead atoms. The third kappa shape index (κ3) is 3.16. The second kappa shape index (κ2) is 6.48. The van der Waals surface area contributed by atoms with Crippen LogP contribution in [0.3, 0.4) is 0 Å². The highest BCUT2D eigenvalue weighted by Gasteiger charge is 2.32. The Bertz CT molecular complexity index is 590. The Morgan fingerprint density at radius 3 is 2.67 bits per heavy atom. The van der Waals surface area contributed by atoms with Crippen LogP contribution in [0.1, 0.15) is 76.9 Å². The normalized spacial score (nSPS) is 19.0. The van der Waals surface area contributed by atoms with Crippen LogP contribution in [0, 0.1) is 0 Å². The highest BCUT2D eigenvalue weighted by atomic mass is 32.2. The molecular formula is C15H27N3O2S. The minimum atomic E-state index is -3.49. The minimum absolute atomic E-state index is 0.228. The Labute approximate surface area is 128 Å². The zero-order chi connectivity index (χ0) is 15.6. The summed E-state index contributed by atoms with van der Waals surface area (Å²) in [5.41, 5.74) is 0.903. The van der Waals surface area contributed by atoms with Crippen molar-refractivity contribution in [3.05, 3.63) is 11.5 Å². The fourth-order valence-corrected chi connectivity index (χ4v) is 4.38. The second-order valence-corrected chi connectivity index (χ2v) is 7.78. The van der Waals surface area contributed by atoms with E-state index in [4.69, 9.17) is 0 Å². The first-order valence-corrected chi connectivity index (χ1v) is 9.51. The molecule has 0 saturated heterocycles. The van der Waals surface area contributed by atoms with E-state index in [1.807, 2.05) is 6.92 Å². The maximum absolute atomic E-state index is 12.5. The molecule has 1 atom stereocenters. The van der Waals surface area contributed by atoms with Crippen LogP contribution in [0.5, 0.6) is 0 Å². The summed E-state index contributed by atoms with van der Waals surface area (Å²) >= 11 is 0. The number of fused-ring (bicyclic) bond motifs is 1.